The van der Waals surface area contributed by atoms with Crippen molar-refractivity contribution in [2.24, 2.45) is 5.92 Å². The summed E-state index contributed by atoms with van der Waals surface area (Å²) in [5.74, 6) is -2.24. The van der Waals surface area contributed by atoms with Crippen molar-refractivity contribution in [3.8, 4) is 0 Å². The van der Waals surface area contributed by atoms with Gasteiger partial charge >= 0.3 is 18.0 Å². The fraction of sp³-hybridized carbons (Fsp3) is 0.818. The van der Waals surface area contributed by atoms with Gasteiger partial charge in [-0.3, -0.25) is 14.5 Å². The Bertz CT molecular complexity index is 676. The van der Waals surface area contributed by atoms with E-state index >= 15 is 0 Å². The highest BCUT2D eigenvalue weighted by molar-refractivity contribution is 5.91. The first-order chi connectivity index (χ1) is 14.0. The lowest BCUT2D eigenvalue weighted by molar-refractivity contribution is -0.158. The molecule has 0 radical (unpaired) electrons. The van der Waals surface area contributed by atoms with Crippen LogP contribution in [0.2, 0.25) is 0 Å². The number of carbonyl (C=O) groups is 4. The van der Waals surface area contributed by atoms with Crippen LogP contribution in [-0.4, -0.2) is 75.2 Å². The summed E-state index contributed by atoms with van der Waals surface area (Å²) in [5.41, 5.74) is -1.61. The highest BCUT2D eigenvalue weighted by Crippen LogP contribution is 2.24. The molecule has 1 N–H and O–H groups in total. The predicted octanol–water partition coefficient (Wildman–Crippen LogP) is 3.06. The second kappa shape index (κ2) is 10.3. The summed E-state index contributed by atoms with van der Waals surface area (Å²) >= 11 is 0. The Labute approximate surface area is 185 Å². The monoisotopic (exact) mass is 442 g/mol. The van der Waals surface area contributed by atoms with Crippen molar-refractivity contribution in [3.63, 3.8) is 0 Å². The summed E-state index contributed by atoms with van der Waals surface area (Å²) in [6.07, 6.45) is 0.358. The normalized spacial score (nSPS) is 18.0. The molecule has 178 valence electrons. The minimum atomic E-state index is -1.08. The van der Waals surface area contributed by atoms with Gasteiger partial charge in [0.2, 0.25) is 5.91 Å². The summed E-state index contributed by atoms with van der Waals surface area (Å²) in [6, 6.07) is -1.98. The summed E-state index contributed by atoms with van der Waals surface area (Å²) in [4.78, 5) is 53.0. The van der Waals surface area contributed by atoms with E-state index in [4.69, 9.17) is 9.47 Å². The van der Waals surface area contributed by atoms with Crippen LogP contribution in [0.5, 0.6) is 0 Å². The SMILES string of the molecule is CC(C)C[C@@H](C(=O)N1CCC[C@H]1C(=O)O)N(CC(=O)OC(C)(C)C)C(=O)OC(C)(C)C. The lowest BCUT2D eigenvalue weighted by Gasteiger charge is -2.36. The zero-order chi connectivity index (χ0) is 24.1. The molecular weight excluding hydrogens is 404 g/mol. The molecule has 31 heavy (non-hydrogen) atoms. The van der Waals surface area contributed by atoms with Crippen LogP contribution in [0, 0.1) is 5.92 Å². The van der Waals surface area contributed by atoms with E-state index in [0.29, 0.717) is 19.4 Å². The first-order valence-corrected chi connectivity index (χ1v) is 10.8. The molecule has 0 aromatic rings. The summed E-state index contributed by atoms with van der Waals surface area (Å²) < 4.78 is 10.8. The van der Waals surface area contributed by atoms with E-state index in [-0.39, 0.29) is 12.3 Å². The third kappa shape index (κ3) is 8.75. The Hall–Kier alpha value is -2.32. The van der Waals surface area contributed by atoms with Crippen molar-refractivity contribution in [1.82, 2.24) is 9.80 Å². The second-order valence-electron chi connectivity index (χ2n) is 10.4. The molecule has 1 saturated heterocycles. The van der Waals surface area contributed by atoms with Crippen molar-refractivity contribution in [2.75, 3.05) is 13.1 Å². The van der Waals surface area contributed by atoms with Crippen molar-refractivity contribution in [2.45, 2.75) is 97.9 Å². The van der Waals surface area contributed by atoms with Crippen molar-refractivity contribution < 1.29 is 33.8 Å². The fourth-order valence-electron chi connectivity index (χ4n) is 3.42. The van der Waals surface area contributed by atoms with Gasteiger partial charge in [0.1, 0.15) is 29.8 Å². The first kappa shape index (κ1) is 26.7. The topological polar surface area (TPSA) is 113 Å². The highest BCUT2D eigenvalue weighted by Gasteiger charge is 2.42. The van der Waals surface area contributed by atoms with Gasteiger partial charge in [-0.15, -0.1) is 0 Å². The lowest BCUT2D eigenvalue weighted by atomic mass is 10.0. The van der Waals surface area contributed by atoms with Crippen LogP contribution >= 0.6 is 0 Å². The molecule has 0 bridgehead atoms. The molecule has 0 aliphatic carbocycles. The van der Waals surface area contributed by atoms with Crippen LogP contribution in [0.1, 0.15) is 74.7 Å². The number of carbonyl (C=O) groups excluding carboxylic acids is 3. The van der Waals surface area contributed by atoms with Gasteiger partial charge in [0, 0.05) is 6.54 Å². The number of hydrogen-bond acceptors (Lipinski definition) is 6. The lowest BCUT2D eigenvalue weighted by Crippen LogP contribution is -2.56. The Morgan fingerprint density at radius 3 is 2.03 bits per heavy atom. The van der Waals surface area contributed by atoms with Gasteiger partial charge < -0.3 is 19.5 Å². The summed E-state index contributed by atoms with van der Waals surface area (Å²) in [5, 5.41) is 9.50. The Morgan fingerprint density at radius 1 is 1.03 bits per heavy atom. The quantitative estimate of drug-likeness (QED) is 0.603. The molecule has 0 unspecified atom stereocenters. The molecule has 1 aliphatic heterocycles. The molecule has 1 fully saturated rings. The fourth-order valence-corrected chi connectivity index (χ4v) is 3.42. The molecule has 2 atom stereocenters. The Kier molecular flexibility index (Phi) is 8.90. The minimum absolute atomic E-state index is 0.00315. The number of likely N-dealkylation sites (tertiary alicyclic amines) is 1. The van der Waals surface area contributed by atoms with Crippen LogP contribution in [0.15, 0.2) is 0 Å². The maximum absolute atomic E-state index is 13.4. The van der Waals surface area contributed by atoms with E-state index in [2.05, 4.69) is 0 Å². The number of hydrogen-bond donors (Lipinski definition) is 1. The van der Waals surface area contributed by atoms with Crippen molar-refractivity contribution in [3.05, 3.63) is 0 Å². The zero-order valence-electron chi connectivity index (χ0n) is 20.1. The number of nitrogens with zero attached hydrogens (tertiary/aromatic N) is 2. The van der Waals surface area contributed by atoms with Gasteiger partial charge in [0.25, 0.3) is 0 Å². The number of esters is 1. The highest BCUT2D eigenvalue weighted by atomic mass is 16.6. The number of amides is 2. The van der Waals surface area contributed by atoms with E-state index in [9.17, 15) is 24.3 Å². The second-order valence-corrected chi connectivity index (χ2v) is 10.4. The maximum atomic E-state index is 13.4. The van der Waals surface area contributed by atoms with Crippen LogP contribution in [0.25, 0.3) is 0 Å². The Morgan fingerprint density at radius 2 is 1.58 bits per heavy atom. The smallest absolute Gasteiger partial charge is 0.411 e. The number of carboxylic acid groups (broad SMARTS) is 1. The van der Waals surface area contributed by atoms with Gasteiger partial charge in [-0.05, 0) is 66.7 Å². The van der Waals surface area contributed by atoms with Crippen molar-refractivity contribution in [1.29, 1.82) is 0 Å². The van der Waals surface area contributed by atoms with Gasteiger partial charge in [0.05, 0.1) is 0 Å². The molecule has 0 spiro atoms. The predicted molar refractivity (Wildman–Crippen MR) is 114 cm³/mol. The van der Waals surface area contributed by atoms with E-state index in [1.807, 2.05) is 13.8 Å². The van der Waals surface area contributed by atoms with Crippen LogP contribution in [-0.2, 0) is 23.9 Å². The van der Waals surface area contributed by atoms with E-state index < -0.39 is 53.8 Å². The average Bonchev–Trinajstić information content (AvgIpc) is 3.03. The summed E-state index contributed by atoms with van der Waals surface area (Å²) in [7, 11) is 0. The molecule has 1 heterocycles. The maximum Gasteiger partial charge on any atom is 0.411 e. The van der Waals surface area contributed by atoms with Crippen LogP contribution in [0.3, 0.4) is 0 Å². The summed E-state index contributed by atoms with van der Waals surface area (Å²) in [6.45, 7) is 13.8. The van der Waals surface area contributed by atoms with Gasteiger partial charge in [-0.2, -0.15) is 0 Å². The molecule has 1 aliphatic rings. The Balaban J connectivity index is 3.29. The molecule has 9 nitrogen and oxygen atoms in total. The van der Waals surface area contributed by atoms with E-state index in [1.54, 1.807) is 41.5 Å². The third-order valence-corrected chi connectivity index (χ3v) is 4.52. The van der Waals surface area contributed by atoms with Gasteiger partial charge in [-0.25, -0.2) is 9.59 Å². The largest absolute Gasteiger partial charge is 0.480 e. The van der Waals surface area contributed by atoms with Crippen LogP contribution < -0.4 is 0 Å². The van der Waals surface area contributed by atoms with Crippen molar-refractivity contribution >= 4 is 23.9 Å². The average molecular weight is 443 g/mol. The molecular formula is C22H38N2O7. The molecule has 2 amide bonds. The van der Waals surface area contributed by atoms with E-state index in [1.165, 1.54) is 4.90 Å². The number of carboxylic acids is 1. The zero-order valence-corrected chi connectivity index (χ0v) is 20.1. The third-order valence-electron chi connectivity index (χ3n) is 4.52. The molecule has 0 aromatic heterocycles. The number of ether oxygens (including phenoxy) is 2. The van der Waals surface area contributed by atoms with E-state index in [0.717, 1.165) is 4.90 Å². The first-order valence-electron chi connectivity index (χ1n) is 10.8. The standard InChI is InChI=1S/C22H38N2O7/c1-14(2)12-16(18(26)23-11-9-10-15(23)19(27)28)24(20(29)31-22(6,7)8)13-17(25)30-21(3,4)5/h14-16H,9-13H2,1-8H3,(H,27,28)/t15-,16-/m0/s1. The molecule has 9 heteroatoms. The molecule has 1 rings (SSSR count). The van der Waals surface area contributed by atoms with Crippen LogP contribution in [0.4, 0.5) is 4.79 Å². The minimum Gasteiger partial charge on any atom is -0.480 e. The van der Waals surface area contributed by atoms with Gasteiger partial charge in [0.15, 0.2) is 0 Å². The van der Waals surface area contributed by atoms with Gasteiger partial charge in [-0.1, -0.05) is 13.8 Å². The molecule has 0 saturated carbocycles. The molecule has 0 aromatic carbocycles. The number of aliphatic carboxylic acids is 1. The number of rotatable bonds is 7.